The average Bonchev–Trinajstić information content (AvgIpc) is 1.97. The second-order valence-corrected chi connectivity index (χ2v) is 8.34. The van der Waals surface area contributed by atoms with Crippen LogP contribution in [0.2, 0.25) is 10.0 Å². The zero-order chi connectivity index (χ0) is 12.6. The minimum atomic E-state index is -4.23. The number of halogens is 3. The zero-order valence-electron chi connectivity index (χ0n) is 7.85. The van der Waals surface area contributed by atoms with E-state index < -0.39 is 19.0 Å². The van der Waals surface area contributed by atoms with Crippen LogP contribution in [0.15, 0.2) is 26.9 Å². The normalized spacial score (nSPS) is 15.5. The molecule has 0 spiro atoms. The molecule has 0 aliphatic heterocycles. The maximum Gasteiger partial charge on any atom is 0.347 e. The Morgan fingerprint density at radius 2 is 1.75 bits per heavy atom. The molecule has 0 heterocycles. The highest BCUT2D eigenvalue weighted by Gasteiger charge is 2.15. The van der Waals surface area contributed by atoms with Gasteiger partial charge in [-0.2, -0.15) is 8.42 Å². The highest BCUT2D eigenvalue weighted by molar-refractivity contribution is 8.17. The fraction of sp³-hybridized carbons (Fsp3) is 0.143. The van der Waals surface area contributed by atoms with Crippen molar-refractivity contribution in [2.75, 3.05) is 6.26 Å². The van der Waals surface area contributed by atoms with Crippen LogP contribution in [0.25, 0.3) is 0 Å². The summed E-state index contributed by atoms with van der Waals surface area (Å²) in [5.41, 5.74) is 0. The number of rotatable bonds is 2. The molecule has 0 amide bonds. The van der Waals surface area contributed by atoms with E-state index in [0.29, 0.717) is 5.02 Å². The molecule has 0 aliphatic rings. The first-order valence-electron chi connectivity index (χ1n) is 3.75. The SMILES string of the molecule is C[S@](=O)(=NS(=O)(=O)Cl)c1ccc(Cl)cc1Cl. The van der Waals surface area contributed by atoms with Crippen LogP contribution in [0.1, 0.15) is 0 Å². The number of benzene rings is 1. The van der Waals surface area contributed by atoms with Crippen molar-refractivity contribution < 1.29 is 12.6 Å². The Labute approximate surface area is 108 Å². The lowest BCUT2D eigenvalue weighted by Crippen LogP contribution is -2.01. The van der Waals surface area contributed by atoms with Crippen LogP contribution in [0.4, 0.5) is 0 Å². The van der Waals surface area contributed by atoms with Gasteiger partial charge >= 0.3 is 9.24 Å². The van der Waals surface area contributed by atoms with Gasteiger partial charge in [0.1, 0.15) is 0 Å². The summed E-state index contributed by atoms with van der Waals surface area (Å²) >= 11 is 11.4. The first-order valence-corrected chi connectivity index (χ1v) is 8.69. The quantitative estimate of drug-likeness (QED) is 0.786. The van der Waals surface area contributed by atoms with Crippen molar-refractivity contribution in [1.29, 1.82) is 0 Å². The van der Waals surface area contributed by atoms with E-state index in [1.54, 1.807) is 0 Å². The van der Waals surface area contributed by atoms with Gasteiger partial charge < -0.3 is 0 Å². The number of nitrogens with zero attached hydrogens (tertiary/aromatic N) is 1. The van der Waals surface area contributed by atoms with E-state index in [1.807, 2.05) is 0 Å². The largest absolute Gasteiger partial charge is 0.347 e. The lowest BCUT2D eigenvalue weighted by atomic mass is 10.4. The Morgan fingerprint density at radius 3 is 2.19 bits per heavy atom. The van der Waals surface area contributed by atoms with Gasteiger partial charge in [0.15, 0.2) is 0 Å². The Morgan fingerprint density at radius 1 is 1.19 bits per heavy atom. The molecule has 90 valence electrons. The van der Waals surface area contributed by atoms with Crippen molar-refractivity contribution in [3.8, 4) is 0 Å². The molecule has 0 radical (unpaired) electrons. The van der Waals surface area contributed by atoms with E-state index in [0.717, 1.165) is 6.26 Å². The van der Waals surface area contributed by atoms with E-state index >= 15 is 0 Å². The topological polar surface area (TPSA) is 63.6 Å². The second-order valence-electron chi connectivity index (χ2n) is 2.86. The number of hydrogen-bond donors (Lipinski definition) is 0. The first kappa shape index (κ1) is 14.1. The maximum absolute atomic E-state index is 12.0. The number of hydrogen-bond acceptors (Lipinski definition) is 3. The molecular weight excluding hydrogens is 317 g/mol. The summed E-state index contributed by atoms with van der Waals surface area (Å²) < 4.78 is 36.5. The smallest absolute Gasteiger partial charge is 0.244 e. The summed E-state index contributed by atoms with van der Waals surface area (Å²) in [6.45, 7) is 0. The zero-order valence-corrected chi connectivity index (χ0v) is 11.8. The van der Waals surface area contributed by atoms with E-state index in [9.17, 15) is 12.6 Å². The minimum absolute atomic E-state index is 0.0720. The van der Waals surface area contributed by atoms with Crippen molar-refractivity contribution in [2.45, 2.75) is 4.90 Å². The first-order chi connectivity index (χ1) is 7.12. The Kier molecular flexibility index (Phi) is 4.13. The lowest BCUT2D eigenvalue weighted by Gasteiger charge is -2.05. The lowest BCUT2D eigenvalue weighted by molar-refractivity contribution is 0.611. The summed E-state index contributed by atoms with van der Waals surface area (Å²) in [4.78, 5) is 0.0720. The summed E-state index contributed by atoms with van der Waals surface area (Å²) in [5.74, 6) is 0. The molecular formula is C7H6Cl3NO3S2. The minimum Gasteiger partial charge on any atom is -0.244 e. The molecule has 1 atom stereocenters. The van der Waals surface area contributed by atoms with Gasteiger partial charge in [-0.25, -0.2) is 4.21 Å². The Bertz CT molecular complexity index is 632. The van der Waals surface area contributed by atoms with Crippen LogP contribution in [0.3, 0.4) is 0 Å². The Balaban J connectivity index is 3.51. The maximum atomic E-state index is 12.0. The molecule has 4 nitrogen and oxygen atoms in total. The molecule has 0 bridgehead atoms. The molecule has 0 aliphatic carbocycles. The van der Waals surface area contributed by atoms with Crippen molar-refractivity contribution >= 4 is 52.9 Å². The van der Waals surface area contributed by atoms with Gasteiger partial charge in [0.05, 0.1) is 19.6 Å². The summed E-state index contributed by atoms with van der Waals surface area (Å²) in [6.07, 6.45) is 1.13. The van der Waals surface area contributed by atoms with Crippen molar-refractivity contribution in [1.82, 2.24) is 0 Å². The van der Waals surface area contributed by atoms with E-state index in [1.165, 1.54) is 18.2 Å². The third kappa shape index (κ3) is 3.78. The summed E-state index contributed by atoms with van der Waals surface area (Å²) in [6, 6.07) is 4.12. The van der Waals surface area contributed by atoms with Gasteiger partial charge in [0, 0.05) is 22.0 Å². The molecule has 0 saturated heterocycles. The molecule has 0 saturated carbocycles. The Hall–Kier alpha value is -0.0100. The molecule has 1 rings (SSSR count). The molecule has 0 unspecified atom stereocenters. The van der Waals surface area contributed by atoms with Gasteiger partial charge in [-0.15, -0.1) is 0 Å². The van der Waals surface area contributed by atoms with Crippen LogP contribution in [0, 0.1) is 0 Å². The monoisotopic (exact) mass is 321 g/mol. The molecule has 0 fully saturated rings. The highest BCUT2D eigenvalue weighted by Crippen LogP contribution is 2.26. The fourth-order valence-corrected chi connectivity index (χ4v) is 5.22. The van der Waals surface area contributed by atoms with Gasteiger partial charge in [0.2, 0.25) is 0 Å². The predicted molar refractivity (Wildman–Crippen MR) is 66.0 cm³/mol. The molecule has 1 aromatic carbocycles. The third-order valence-corrected chi connectivity index (χ3v) is 5.72. The van der Waals surface area contributed by atoms with Crippen molar-refractivity contribution in [2.24, 2.45) is 3.77 Å². The van der Waals surface area contributed by atoms with E-state index in [2.05, 4.69) is 3.77 Å². The molecule has 16 heavy (non-hydrogen) atoms. The predicted octanol–water partition coefficient (Wildman–Crippen LogP) is 2.93. The summed E-state index contributed by atoms with van der Waals surface area (Å²) in [5, 5.41) is 0.418. The molecule has 0 N–H and O–H groups in total. The fourth-order valence-electron chi connectivity index (χ4n) is 0.992. The van der Waals surface area contributed by atoms with Crippen LogP contribution in [-0.2, 0) is 19.0 Å². The molecule has 0 aromatic heterocycles. The second kappa shape index (κ2) is 4.70. The average molecular weight is 323 g/mol. The molecule has 9 heteroatoms. The van der Waals surface area contributed by atoms with Crippen molar-refractivity contribution in [3.63, 3.8) is 0 Å². The van der Waals surface area contributed by atoms with Crippen LogP contribution in [0.5, 0.6) is 0 Å². The third-order valence-electron chi connectivity index (χ3n) is 1.53. The van der Waals surface area contributed by atoms with Gasteiger partial charge in [-0.1, -0.05) is 27.0 Å². The van der Waals surface area contributed by atoms with Gasteiger partial charge in [-0.05, 0) is 18.2 Å². The van der Waals surface area contributed by atoms with E-state index in [4.69, 9.17) is 33.9 Å². The van der Waals surface area contributed by atoms with Crippen LogP contribution < -0.4 is 0 Å². The van der Waals surface area contributed by atoms with Crippen molar-refractivity contribution in [3.05, 3.63) is 28.2 Å². The highest BCUT2D eigenvalue weighted by atomic mass is 35.7. The van der Waals surface area contributed by atoms with Gasteiger partial charge in [-0.3, -0.25) is 0 Å². The van der Waals surface area contributed by atoms with Gasteiger partial charge in [0.25, 0.3) is 0 Å². The van der Waals surface area contributed by atoms with Crippen LogP contribution in [-0.4, -0.2) is 18.9 Å². The van der Waals surface area contributed by atoms with Crippen LogP contribution >= 0.6 is 33.9 Å². The standard InChI is InChI=1S/C7H6Cl3NO3S2/c1-15(12,11-16(10,13)14)7-3-2-5(8)4-6(7)9/h2-4H,1H3/t15-/m1/s1. The van der Waals surface area contributed by atoms with E-state index in [-0.39, 0.29) is 9.92 Å². The molecule has 1 aromatic rings. The summed E-state index contributed by atoms with van der Waals surface area (Å²) in [7, 11) is -2.52.